The van der Waals surface area contributed by atoms with E-state index in [0.29, 0.717) is 5.56 Å². The topological polar surface area (TPSA) is 237 Å². The van der Waals surface area contributed by atoms with Crippen LogP contribution in [0.2, 0.25) is 0 Å². The Morgan fingerprint density at radius 1 is 0.980 bits per heavy atom. The van der Waals surface area contributed by atoms with Gasteiger partial charge < -0.3 is 30.3 Å². The molecule has 0 spiro atoms. The number of thioether (sulfide) groups is 1. The smallest absolute Gasteiger partial charge is 0.333 e. The molecule has 276 valence electrons. The molecule has 4 aliphatic rings. The number of benzene rings is 2. The number of amides is 3. The number of nitrogens with one attached hydrogen (secondary N) is 1. The predicted octanol–water partition coefficient (Wildman–Crippen LogP) is 0.653. The first kappa shape index (κ1) is 38.2. The number of ether oxygens (including phenoxy) is 2. The van der Waals surface area contributed by atoms with E-state index < -0.39 is 101 Å². The molecule has 6 rings (SSSR count). The van der Waals surface area contributed by atoms with E-state index in [-0.39, 0.29) is 11.3 Å². The first-order chi connectivity index (χ1) is 23.6. The van der Waals surface area contributed by atoms with Crippen molar-refractivity contribution in [3.8, 4) is 0 Å². The van der Waals surface area contributed by atoms with Crippen LogP contribution in [0.1, 0.15) is 51.3 Å². The number of esters is 2. The van der Waals surface area contributed by atoms with Crippen LogP contribution >= 0.6 is 11.8 Å². The Bertz CT molecular complexity index is 1970. The second kappa shape index (κ2) is 13.5. The average Bonchev–Trinajstić information content (AvgIpc) is 3.38. The van der Waals surface area contributed by atoms with Crippen molar-refractivity contribution in [2.45, 2.75) is 90.3 Å². The van der Waals surface area contributed by atoms with E-state index in [1.165, 1.54) is 42.6 Å². The van der Waals surface area contributed by atoms with Crippen molar-refractivity contribution in [2.75, 3.05) is 6.79 Å². The van der Waals surface area contributed by atoms with Crippen LogP contribution in [0.25, 0.3) is 0 Å². The molecule has 3 amide bonds. The molecule has 4 saturated heterocycles. The van der Waals surface area contributed by atoms with Crippen molar-refractivity contribution >= 4 is 61.4 Å². The number of sulfone groups is 1. The molecule has 4 aliphatic heterocycles. The van der Waals surface area contributed by atoms with Crippen molar-refractivity contribution < 1.29 is 54.8 Å². The lowest BCUT2D eigenvalue weighted by molar-refractivity contribution is -0.181. The summed E-state index contributed by atoms with van der Waals surface area (Å²) in [5, 5.41) is 1.07. The lowest BCUT2D eigenvalue weighted by atomic mass is 9.95. The fourth-order valence-corrected chi connectivity index (χ4v) is 10.6. The van der Waals surface area contributed by atoms with Crippen molar-refractivity contribution in [1.29, 1.82) is 0 Å². The first-order valence-electron chi connectivity index (χ1n) is 15.6. The van der Waals surface area contributed by atoms with Crippen molar-refractivity contribution in [1.82, 2.24) is 15.1 Å². The van der Waals surface area contributed by atoms with Gasteiger partial charge in [-0.3, -0.25) is 18.9 Å². The number of β-lactam (4-membered cyclic amide) rings is 2. The summed E-state index contributed by atoms with van der Waals surface area (Å²) < 4.78 is 62.9. The van der Waals surface area contributed by atoms with E-state index in [0.717, 1.165) is 10.5 Å². The third-order valence-electron chi connectivity index (χ3n) is 9.32. The maximum atomic E-state index is 13.0. The summed E-state index contributed by atoms with van der Waals surface area (Å²) >= 11 is 1.31. The molecule has 51 heavy (non-hydrogen) atoms. The quantitative estimate of drug-likeness (QED) is 0.145. The highest BCUT2D eigenvalue weighted by Gasteiger charge is 2.68. The average molecular weight is 767 g/mol. The molecule has 19 heteroatoms. The Hall–Kier alpha value is -4.04. The number of hydrogen-bond donors (Lipinski definition) is 3. The Kier molecular flexibility index (Phi) is 10.1. The van der Waals surface area contributed by atoms with Crippen molar-refractivity contribution in [3.63, 3.8) is 0 Å². The molecule has 0 saturated carbocycles. The largest absolute Gasteiger partial charge is 0.426 e. The van der Waals surface area contributed by atoms with Crippen molar-refractivity contribution in [3.05, 3.63) is 65.7 Å². The molecule has 2 aromatic rings. The van der Waals surface area contributed by atoms with Gasteiger partial charge in [0, 0.05) is 4.75 Å². The van der Waals surface area contributed by atoms with E-state index in [2.05, 4.69) is 5.32 Å². The van der Waals surface area contributed by atoms with Crippen LogP contribution in [-0.2, 0) is 53.4 Å². The lowest BCUT2D eigenvalue weighted by Crippen LogP contribution is -2.71. The second-order valence-corrected chi connectivity index (χ2v) is 19.4. The third-order valence-corrected chi connectivity index (χ3v) is 14.6. The van der Waals surface area contributed by atoms with Gasteiger partial charge in [-0.05, 0) is 52.3 Å². The molecule has 1 unspecified atom stereocenters. The van der Waals surface area contributed by atoms with E-state index in [4.69, 9.17) is 19.8 Å². The maximum Gasteiger partial charge on any atom is 0.333 e. The Morgan fingerprint density at radius 3 is 2.10 bits per heavy atom. The van der Waals surface area contributed by atoms with Gasteiger partial charge in [0.1, 0.15) is 34.9 Å². The fraction of sp³-hybridized carbons (Fsp3) is 0.469. The van der Waals surface area contributed by atoms with E-state index >= 15 is 0 Å². The minimum atomic E-state index is -4.02. The SMILES string of the molecule is CC1(C)S[C@@H]2[C@H](NC(=O)C(N)c3ccccc3)C(=O)N2[C@H]1C(=O)OCOC(=O)[C@@H]1N2C(=O)C[C@H]2S(=O)(=O)C1(C)C.Cc1ccc(S(=O)(=O)O)cc1. The first-order valence-corrected chi connectivity index (χ1v) is 19.5. The van der Waals surface area contributed by atoms with Crippen LogP contribution in [0, 0.1) is 6.92 Å². The zero-order valence-electron chi connectivity index (χ0n) is 28.2. The van der Waals surface area contributed by atoms with E-state index in [1.807, 2.05) is 6.92 Å². The minimum absolute atomic E-state index is 0.0666. The molecule has 4 fully saturated rings. The summed E-state index contributed by atoms with van der Waals surface area (Å²) in [6.45, 7) is 7.21. The summed E-state index contributed by atoms with van der Waals surface area (Å²) in [7, 11) is -7.82. The summed E-state index contributed by atoms with van der Waals surface area (Å²) in [5.41, 5.74) is 7.59. The van der Waals surface area contributed by atoms with Gasteiger partial charge in [0.15, 0.2) is 9.84 Å². The monoisotopic (exact) mass is 766 g/mol. The lowest BCUT2D eigenvalue weighted by Gasteiger charge is -2.44. The van der Waals surface area contributed by atoms with Crippen LogP contribution in [0.15, 0.2) is 59.5 Å². The number of nitrogens with two attached hydrogens (primary N) is 1. The standard InChI is InChI=1S/C25H30N4O9S2.C7H8O3S/c1-24(2)17(29-20(32)16(21(29)39-24)27-19(31)15(26)12-8-6-5-7-9-12)22(33)37-11-38-23(34)18-25(3,4)40(35,36)14-10-13(30)28(14)18;1-6-2-4-7(5-3-6)11(8,9)10/h5-9,14-18,21H,10-11,26H2,1-4H3,(H,27,31);2-5H,1H3,(H,8,9,10)/t14-,15?,16-,17+,18+,21-;/m1./s1. The Morgan fingerprint density at radius 2 is 1.55 bits per heavy atom. The van der Waals surface area contributed by atoms with Gasteiger partial charge >= 0.3 is 11.9 Å². The van der Waals surface area contributed by atoms with Gasteiger partial charge in [-0.25, -0.2) is 18.0 Å². The van der Waals surface area contributed by atoms with Crippen LogP contribution in [0.3, 0.4) is 0 Å². The van der Waals surface area contributed by atoms with E-state index in [1.54, 1.807) is 56.3 Å². The number of carbonyl (C=O) groups is 5. The zero-order valence-corrected chi connectivity index (χ0v) is 30.7. The molecule has 4 heterocycles. The van der Waals surface area contributed by atoms with Gasteiger partial charge in [0.2, 0.25) is 24.5 Å². The minimum Gasteiger partial charge on any atom is -0.426 e. The molecule has 4 N–H and O–H groups in total. The highest BCUT2D eigenvalue weighted by molar-refractivity contribution is 8.01. The highest BCUT2D eigenvalue weighted by atomic mass is 32.2. The molecule has 2 aromatic carbocycles. The van der Waals surface area contributed by atoms with Gasteiger partial charge in [-0.15, -0.1) is 11.8 Å². The van der Waals surface area contributed by atoms with Crippen molar-refractivity contribution in [2.24, 2.45) is 5.73 Å². The number of hydrogen-bond acceptors (Lipinski definition) is 13. The number of fused-ring (bicyclic) bond motifs is 2. The number of rotatable bonds is 8. The molecular weight excluding hydrogens is 729 g/mol. The normalized spacial score (nSPS) is 27.0. The van der Waals surface area contributed by atoms with Crippen LogP contribution in [0.5, 0.6) is 0 Å². The Balaban J connectivity index is 0.000000392. The van der Waals surface area contributed by atoms with E-state index in [9.17, 15) is 40.8 Å². The summed E-state index contributed by atoms with van der Waals surface area (Å²) in [4.78, 5) is 65.8. The molecular formula is C32H38N4O12S3. The fourth-order valence-electron chi connectivity index (χ4n) is 6.40. The van der Waals surface area contributed by atoms with Gasteiger partial charge in [-0.1, -0.05) is 48.0 Å². The molecule has 6 atom stereocenters. The van der Waals surface area contributed by atoms with Crippen LogP contribution in [0.4, 0.5) is 0 Å². The molecule has 0 aromatic heterocycles. The number of carbonyl (C=O) groups excluding carboxylic acids is 5. The number of aryl methyl sites for hydroxylation is 1. The number of nitrogens with zero attached hydrogens (tertiary/aromatic N) is 2. The molecule has 16 nitrogen and oxygen atoms in total. The van der Waals surface area contributed by atoms with Gasteiger partial charge in [0.25, 0.3) is 10.1 Å². The van der Waals surface area contributed by atoms with Crippen LogP contribution in [-0.4, -0.2) is 106 Å². The third kappa shape index (κ3) is 6.84. The zero-order chi connectivity index (χ0) is 37.8. The summed E-state index contributed by atoms with van der Waals surface area (Å²) in [6, 6.07) is 10.4. The summed E-state index contributed by atoms with van der Waals surface area (Å²) in [6.07, 6.45) is -0.191. The Labute approximate surface area is 299 Å². The van der Waals surface area contributed by atoms with Gasteiger partial charge in [0.05, 0.1) is 16.1 Å². The highest BCUT2D eigenvalue weighted by Crippen LogP contribution is 2.51. The van der Waals surface area contributed by atoms with Crippen LogP contribution < -0.4 is 11.1 Å². The summed E-state index contributed by atoms with van der Waals surface area (Å²) in [5.74, 6) is -3.32. The molecule has 0 radical (unpaired) electrons. The second-order valence-electron chi connectivity index (χ2n) is 13.5. The maximum absolute atomic E-state index is 13.0. The van der Waals surface area contributed by atoms with Gasteiger partial charge in [-0.2, -0.15) is 8.42 Å². The predicted molar refractivity (Wildman–Crippen MR) is 181 cm³/mol. The molecule has 0 bridgehead atoms. The molecule has 0 aliphatic carbocycles.